The Labute approximate surface area is 234 Å². The highest BCUT2D eigenvalue weighted by molar-refractivity contribution is 7.45. The van der Waals surface area contributed by atoms with E-state index in [1.54, 1.807) is 0 Å². The van der Waals surface area contributed by atoms with Gasteiger partial charge >= 0.3 is 5.97 Å². The van der Waals surface area contributed by atoms with Gasteiger partial charge < -0.3 is 20.5 Å². The normalized spacial score (nSPS) is 13.1. The third-order valence-electron chi connectivity index (χ3n) is 6.17. The van der Waals surface area contributed by atoms with Crippen LogP contribution in [0.25, 0.3) is 0 Å². The van der Waals surface area contributed by atoms with E-state index in [0.29, 0.717) is 13.2 Å². The van der Waals surface area contributed by atoms with E-state index < -0.39 is 12.0 Å². The van der Waals surface area contributed by atoms with Crippen molar-refractivity contribution in [3.63, 3.8) is 0 Å². The second-order valence-corrected chi connectivity index (χ2v) is 8.97. The number of nitrogens with one attached hydrogen (secondary N) is 4. The summed E-state index contributed by atoms with van der Waals surface area (Å²) < 4.78 is 11.2. The van der Waals surface area contributed by atoms with Crippen LogP contribution in [0.2, 0.25) is 0 Å². The van der Waals surface area contributed by atoms with Crippen molar-refractivity contribution < 1.29 is 14.6 Å². The van der Waals surface area contributed by atoms with Crippen molar-refractivity contribution in [1.29, 1.82) is 4.78 Å². The molecule has 1 aromatic heterocycles. The van der Waals surface area contributed by atoms with Crippen molar-refractivity contribution in [3.8, 4) is 5.75 Å². The maximum atomic E-state index is 11.8. The fourth-order valence-electron chi connectivity index (χ4n) is 4.16. The van der Waals surface area contributed by atoms with Gasteiger partial charge in [-0.25, -0.2) is 25.4 Å². The Hall–Kier alpha value is -4.09. The number of aliphatic imine (C=N–C) groups is 1. The molecule has 0 radical (unpaired) electrons. The number of carboxylic acid groups (broad SMARTS) is 1. The molecule has 0 aliphatic carbocycles. The largest absolute Gasteiger partial charge is 0.494 e. The second kappa shape index (κ2) is 16.0. The predicted molar refractivity (Wildman–Crippen MR) is 155 cm³/mol. The summed E-state index contributed by atoms with van der Waals surface area (Å²) in [7, 11) is 0. The quantitative estimate of drug-likeness (QED) is 0.0694. The molecule has 11 heteroatoms. The number of pyridine rings is 1. The van der Waals surface area contributed by atoms with Crippen molar-refractivity contribution in [2.45, 2.75) is 44.7 Å². The Morgan fingerprint density at radius 1 is 1.13 bits per heavy atom. The maximum absolute atomic E-state index is 11.8. The van der Waals surface area contributed by atoms with Gasteiger partial charge in [0.2, 0.25) is 5.96 Å². The number of rotatable bonds is 11. The summed E-state index contributed by atoms with van der Waals surface area (Å²) in [5, 5.41) is 16.0. The molecule has 1 unspecified atom stereocenters. The smallest absolute Gasteiger partial charge is 0.326 e. The third kappa shape index (κ3) is 9.62. The lowest BCUT2D eigenvalue weighted by Gasteiger charge is -2.17. The molecule has 0 saturated heterocycles. The fraction of sp³-hybridized carbons (Fsp3) is 0.321. The minimum atomic E-state index is -0.992. The van der Waals surface area contributed by atoms with E-state index in [1.165, 1.54) is 5.56 Å². The standard InChI is InChI=1S/C28H34N6O3.HNS/c29-34-28(31-19-21-6-2-1-3-7-21)33-25(27(35)36)18-20-10-14-24(15-11-20)37-17-5-9-23-13-12-22-8-4-16-30-26(22)32-23;1-2/h1-3,6-7,10-15,25H,4-5,8-9,16-19,29H2,(H,30,32)(H,35,36)(H2,31,33,34);1H. The molecule has 2 heterocycles. The van der Waals surface area contributed by atoms with Gasteiger partial charge in [0, 0.05) is 31.1 Å². The Kier molecular flexibility index (Phi) is 12.1. The van der Waals surface area contributed by atoms with Crippen LogP contribution in [0.5, 0.6) is 5.75 Å². The highest BCUT2D eigenvalue weighted by Gasteiger charge is 2.19. The summed E-state index contributed by atoms with van der Waals surface area (Å²) in [5.74, 6) is 6.56. The zero-order valence-corrected chi connectivity index (χ0v) is 22.5. The average molecular weight is 550 g/mol. The predicted octanol–water partition coefficient (Wildman–Crippen LogP) is 3.35. The van der Waals surface area contributed by atoms with E-state index in [4.69, 9.17) is 20.3 Å². The first-order valence-corrected chi connectivity index (χ1v) is 13.2. The van der Waals surface area contributed by atoms with Crippen molar-refractivity contribution in [3.05, 3.63) is 89.1 Å². The molecule has 0 fully saturated rings. The number of aliphatic carboxylic acids is 1. The number of nitrogens with two attached hydrogens (primary N) is 1. The SMILES string of the molecule is N=S.NNC(=NCc1ccccc1)NC(Cc1ccc(OCCCc2ccc3c(n2)NCCC3)cc1)C(=O)O. The van der Waals surface area contributed by atoms with Crippen LogP contribution in [0.3, 0.4) is 0 Å². The zero-order chi connectivity index (χ0) is 27.9. The molecule has 0 spiro atoms. The first kappa shape index (κ1) is 29.5. The van der Waals surface area contributed by atoms with E-state index in [1.807, 2.05) is 54.6 Å². The molecular formula is C28H35N7O3S. The van der Waals surface area contributed by atoms with Crippen LogP contribution >= 0.6 is 0 Å². The molecule has 1 aliphatic heterocycles. The monoisotopic (exact) mass is 549 g/mol. The van der Waals surface area contributed by atoms with Gasteiger partial charge in [0.1, 0.15) is 17.6 Å². The number of hydrogen-bond donors (Lipinski definition) is 6. The third-order valence-corrected chi connectivity index (χ3v) is 6.17. The molecule has 4 rings (SSSR count). The molecule has 0 saturated carbocycles. The van der Waals surface area contributed by atoms with Gasteiger partial charge in [-0.1, -0.05) is 48.5 Å². The van der Waals surface area contributed by atoms with E-state index in [2.05, 4.69) is 45.6 Å². The summed E-state index contributed by atoms with van der Waals surface area (Å²) in [6.07, 6.45) is 4.21. The number of carbonyl (C=O) groups is 1. The number of aromatic nitrogens is 1. The van der Waals surface area contributed by atoms with Gasteiger partial charge in [-0.05, 0) is 60.6 Å². The number of anilines is 1. The van der Waals surface area contributed by atoms with Crippen molar-refractivity contribution in [1.82, 2.24) is 15.7 Å². The fourth-order valence-corrected chi connectivity index (χ4v) is 4.16. The molecule has 0 amide bonds. The molecular weight excluding hydrogens is 514 g/mol. The maximum Gasteiger partial charge on any atom is 0.326 e. The van der Waals surface area contributed by atoms with Gasteiger partial charge in [-0.2, -0.15) is 0 Å². The summed E-state index contributed by atoms with van der Waals surface area (Å²) >= 11 is 3.33. The number of hydrazine groups is 1. The Bertz CT molecular complexity index is 1210. The summed E-state index contributed by atoms with van der Waals surface area (Å²) in [5.41, 5.74) is 6.67. The topological polar surface area (TPSA) is 158 Å². The number of hydrogen-bond acceptors (Lipinski definition) is 8. The van der Waals surface area contributed by atoms with Crippen LogP contribution in [0.1, 0.15) is 35.2 Å². The van der Waals surface area contributed by atoms with Crippen molar-refractivity contribution >= 4 is 30.2 Å². The van der Waals surface area contributed by atoms with Gasteiger partial charge in [-0.3, -0.25) is 5.43 Å². The average Bonchev–Trinajstić information content (AvgIpc) is 2.99. The van der Waals surface area contributed by atoms with Gasteiger partial charge in [0.25, 0.3) is 0 Å². The van der Waals surface area contributed by atoms with E-state index in [9.17, 15) is 9.90 Å². The molecule has 10 nitrogen and oxygen atoms in total. The molecule has 0 bridgehead atoms. The minimum absolute atomic E-state index is 0.223. The van der Waals surface area contributed by atoms with E-state index >= 15 is 0 Å². The van der Waals surface area contributed by atoms with Crippen LogP contribution in [0, 0.1) is 4.78 Å². The van der Waals surface area contributed by atoms with Crippen LogP contribution in [-0.2, 0) is 43.0 Å². The molecule has 1 aliphatic rings. The highest BCUT2D eigenvalue weighted by Crippen LogP contribution is 2.20. The number of guanidine groups is 1. The number of benzene rings is 2. The number of nitrogens with zero attached hydrogens (tertiary/aromatic N) is 2. The summed E-state index contributed by atoms with van der Waals surface area (Å²) in [6.45, 7) is 1.94. The lowest BCUT2D eigenvalue weighted by atomic mass is 10.1. The van der Waals surface area contributed by atoms with Crippen LogP contribution in [-0.4, -0.2) is 41.2 Å². The van der Waals surface area contributed by atoms with Gasteiger partial charge in [0.15, 0.2) is 0 Å². The minimum Gasteiger partial charge on any atom is -0.494 e. The van der Waals surface area contributed by atoms with E-state index in [0.717, 1.165) is 60.6 Å². The number of fused-ring (bicyclic) bond motifs is 1. The van der Waals surface area contributed by atoms with Crippen molar-refractivity contribution in [2.75, 3.05) is 18.5 Å². The van der Waals surface area contributed by atoms with Gasteiger partial charge in [0.05, 0.1) is 13.2 Å². The van der Waals surface area contributed by atoms with Crippen LogP contribution < -0.4 is 26.6 Å². The number of ether oxygens (including phenoxy) is 1. The van der Waals surface area contributed by atoms with Crippen LogP contribution in [0.15, 0.2) is 71.7 Å². The Morgan fingerprint density at radius 2 is 1.90 bits per heavy atom. The van der Waals surface area contributed by atoms with E-state index in [-0.39, 0.29) is 12.4 Å². The lowest BCUT2D eigenvalue weighted by Crippen LogP contribution is -2.50. The molecule has 2 aromatic carbocycles. The first-order valence-electron chi connectivity index (χ1n) is 12.8. The lowest BCUT2D eigenvalue weighted by molar-refractivity contribution is -0.139. The Balaban J connectivity index is 0.00000205. The first-order chi connectivity index (χ1) is 19.1. The molecule has 206 valence electrons. The van der Waals surface area contributed by atoms with Crippen LogP contribution in [0.4, 0.5) is 5.82 Å². The zero-order valence-electron chi connectivity index (χ0n) is 21.7. The van der Waals surface area contributed by atoms with Gasteiger partial charge in [-0.15, -0.1) is 0 Å². The molecule has 3 aromatic rings. The second-order valence-electron chi connectivity index (χ2n) is 8.97. The number of aryl methyl sites for hydroxylation is 2. The molecule has 1 atom stereocenters. The van der Waals surface area contributed by atoms with Crippen molar-refractivity contribution in [2.24, 2.45) is 10.8 Å². The summed E-state index contributed by atoms with van der Waals surface area (Å²) in [4.78, 5) is 20.9. The molecule has 39 heavy (non-hydrogen) atoms. The highest BCUT2D eigenvalue weighted by atomic mass is 32.1. The molecule has 7 N–H and O–H groups in total. The summed E-state index contributed by atoms with van der Waals surface area (Å²) in [6, 6.07) is 20.5. The number of carboxylic acids is 1. The Morgan fingerprint density at radius 3 is 2.62 bits per heavy atom.